The van der Waals surface area contributed by atoms with E-state index in [0.717, 1.165) is 5.56 Å². The van der Waals surface area contributed by atoms with Crippen LogP contribution in [0.5, 0.6) is 11.5 Å². The molecule has 4 heterocycles. The van der Waals surface area contributed by atoms with Gasteiger partial charge in [0.05, 0.1) is 18.7 Å². The van der Waals surface area contributed by atoms with Crippen LogP contribution in [0.2, 0.25) is 5.15 Å². The third-order valence-corrected chi connectivity index (χ3v) is 6.84. The van der Waals surface area contributed by atoms with Crippen LogP contribution in [0.25, 0.3) is 5.95 Å². The fraction of sp³-hybridized carbons (Fsp3) is 0.423. The van der Waals surface area contributed by atoms with Gasteiger partial charge in [-0.05, 0) is 24.6 Å². The third-order valence-electron chi connectivity index (χ3n) is 6.65. The number of imidazole rings is 1. The Balaban J connectivity index is 1.33. The van der Waals surface area contributed by atoms with E-state index in [4.69, 9.17) is 30.5 Å². The Hall–Kier alpha value is -4.10. The van der Waals surface area contributed by atoms with Crippen molar-refractivity contribution in [2.45, 2.75) is 25.4 Å². The van der Waals surface area contributed by atoms with Crippen molar-refractivity contribution in [1.82, 2.24) is 29.7 Å². The SMILES string of the molecule is COCCOC(=O)N1CCN(c2cc(Cl)nc(-n3ccnc3)n2)C(CC(=O)NC(C)c2ccc3c(c2)OCO3)C1. The van der Waals surface area contributed by atoms with Crippen molar-refractivity contribution in [2.75, 3.05) is 51.7 Å². The smallest absolute Gasteiger partial charge is 0.409 e. The van der Waals surface area contributed by atoms with E-state index >= 15 is 0 Å². The van der Waals surface area contributed by atoms with Crippen molar-refractivity contribution in [3.8, 4) is 17.4 Å². The Labute approximate surface area is 236 Å². The number of nitrogens with zero attached hydrogens (tertiary/aromatic N) is 6. The first-order valence-corrected chi connectivity index (χ1v) is 13.2. The molecule has 2 aromatic heterocycles. The lowest BCUT2D eigenvalue weighted by Gasteiger charge is -2.41. The third kappa shape index (κ3) is 6.37. The summed E-state index contributed by atoms with van der Waals surface area (Å²) in [6.07, 6.45) is 4.54. The Bertz CT molecular complexity index is 1340. The summed E-state index contributed by atoms with van der Waals surface area (Å²) in [7, 11) is 1.54. The molecule has 212 valence electrons. The summed E-state index contributed by atoms with van der Waals surface area (Å²) in [5.41, 5.74) is 0.883. The summed E-state index contributed by atoms with van der Waals surface area (Å²) in [5, 5.41) is 3.30. The van der Waals surface area contributed by atoms with E-state index in [0.29, 0.717) is 43.0 Å². The van der Waals surface area contributed by atoms with E-state index in [-0.39, 0.29) is 43.5 Å². The summed E-state index contributed by atoms with van der Waals surface area (Å²) >= 11 is 6.36. The molecule has 1 aromatic carbocycles. The summed E-state index contributed by atoms with van der Waals surface area (Å²) in [4.78, 5) is 42.6. The molecule has 2 amide bonds. The molecule has 40 heavy (non-hydrogen) atoms. The van der Waals surface area contributed by atoms with Crippen LogP contribution in [0.3, 0.4) is 0 Å². The predicted molar refractivity (Wildman–Crippen MR) is 144 cm³/mol. The number of fused-ring (bicyclic) bond motifs is 1. The Morgan fingerprint density at radius 3 is 2.83 bits per heavy atom. The topological polar surface area (TPSA) is 133 Å². The molecule has 0 spiro atoms. The van der Waals surface area contributed by atoms with Gasteiger partial charge in [-0.25, -0.2) is 14.8 Å². The van der Waals surface area contributed by atoms with Crippen molar-refractivity contribution < 1.29 is 28.5 Å². The van der Waals surface area contributed by atoms with Crippen LogP contribution >= 0.6 is 11.6 Å². The first kappa shape index (κ1) is 27.5. The number of nitrogens with one attached hydrogen (secondary N) is 1. The molecule has 2 aliphatic heterocycles. The number of rotatable bonds is 9. The van der Waals surface area contributed by atoms with Crippen molar-refractivity contribution in [3.05, 3.63) is 53.7 Å². The van der Waals surface area contributed by atoms with E-state index in [1.54, 1.807) is 34.3 Å². The standard InChI is InChI=1S/C26H30ClN7O6/c1-17(18-3-4-20-21(11-18)40-16-39-20)29-24(35)12-19-14-32(26(36)38-10-9-37-2)7-8-34(19)23-13-22(27)30-25(31-23)33-6-5-28-15-33/h3-6,11,13,15,17,19H,7-10,12,14,16H2,1-2H3,(H,29,35). The average molecular weight is 572 g/mol. The molecule has 0 aliphatic carbocycles. The molecule has 0 saturated carbocycles. The van der Waals surface area contributed by atoms with Gasteiger partial charge in [-0.3, -0.25) is 9.36 Å². The van der Waals surface area contributed by atoms with Gasteiger partial charge in [0.2, 0.25) is 18.6 Å². The molecule has 1 saturated heterocycles. The highest BCUT2D eigenvalue weighted by Crippen LogP contribution is 2.34. The molecule has 0 bridgehead atoms. The lowest BCUT2D eigenvalue weighted by molar-refractivity contribution is -0.122. The van der Waals surface area contributed by atoms with Gasteiger partial charge in [0.25, 0.3) is 0 Å². The van der Waals surface area contributed by atoms with Gasteiger partial charge in [-0.1, -0.05) is 17.7 Å². The van der Waals surface area contributed by atoms with Crippen LogP contribution in [0.15, 0.2) is 43.0 Å². The second kappa shape index (κ2) is 12.4. The summed E-state index contributed by atoms with van der Waals surface area (Å²) in [6.45, 7) is 3.55. The van der Waals surface area contributed by atoms with E-state index in [9.17, 15) is 9.59 Å². The molecule has 2 atom stereocenters. The summed E-state index contributed by atoms with van der Waals surface area (Å²) in [5.74, 6) is 2.02. The second-order valence-corrected chi connectivity index (χ2v) is 9.71. The summed E-state index contributed by atoms with van der Waals surface area (Å²) < 4.78 is 22.8. The molecular formula is C26H30ClN7O6. The van der Waals surface area contributed by atoms with Crippen LogP contribution in [-0.4, -0.2) is 89.2 Å². The molecular weight excluding hydrogens is 542 g/mol. The Morgan fingerprint density at radius 1 is 1.18 bits per heavy atom. The Morgan fingerprint density at radius 2 is 2.02 bits per heavy atom. The monoisotopic (exact) mass is 571 g/mol. The quantitative estimate of drug-likeness (QED) is 0.302. The minimum absolute atomic E-state index is 0.0960. The number of anilines is 1. The lowest BCUT2D eigenvalue weighted by Crippen LogP contribution is -2.56. The average Bonchev–Trinajstić information content (AvgIpc) is 3.65. The zero-order valence-electron chi connectivity index (χ0n) is 22.2. The van der Waals surface area contributed by atoms with E-state index < -0.39 is 12.1 Å². The van der Waals surface area contributed by atoms with Crippen molar-refractivity contribution in [2.24, 2.45) is 0 Å². The highest BCUT2D eigenvalue weighted by molar-refractivity contribution is 6.29. The lowest BCUT2D eigenvalue weighted by atomic mass is 10.1. The molecule has 0 radical (unpaired) electrons. The number of amides is 2. The molecule has 13 nitrogen and oxygen atoms in total. The van der Waals surface area contributed by atoms with Gasteiger partial charge in [-0.2, -0.15) is 4.98 Å². The van der Waals surface area contributed by atoms with Crippen molar-refractivity contribution >= 4 is 29.4 Å². The maximum atomic E-state index is 13.3. The number of piperazine rings is 1. The number of carbonyl (C=O) groups excluding carboxylic acids is 2. The number of methoxy groups -OCH3 is 1. The molecule has 1 fully saturated rings. The molecule has 14 heteroatoms. The maximum absolute atomic E-state index is 13.3. The molecule has 2 unspecified atom stereocenters. The molecule has 5 rings (SSSR count). The number of hydrogen-bond acceptors (Lipinski definition) is 10. The van der Waals surface area contributed by atoms with Gasteiger partial charge in [0.1, 0.15) is 23.9 Å². The largest absolute Gasteiger partial charge is 0.454 e. The van der Waals surface area contributed by atoms with Gasteiger partial charge < -0.3 is 34.1 Å². The molecule has 1 N–H and O–H groups in total. The van der Waals surface area contributed by atoms with E-state index in [2.05, 4.69) is 20.3 Å². The minimum Gasteiger partial charge on any atom is -0.454 e. The number of aromatic nitrogens is 4. The van der Waals surface area contributed by atoms with Crippen LogP contribution in [0.4, 0.5) is 10.6 Å². The number of ether oxygens (including phenoxy) is 4. The Kier molecular flexibility index (Phi) is 8.51. The van der Waals surface area contributed by atoms with Gasteiger partial charge in [0, 0.05) is 51.6 Å². The van der Waals surface area contributed by atoms with Crippen molar-refractivity contribution in [1.29, 1.82) is 0 Å². The normalized spacial score (nSPS) is 17.0. The maximum Gasteiger partial charge on any atom is 0.409 e. The minimum atomic E-state index is -0.462. The second-order valence-electron chi connectivity index (χ2n) is 9.33. The van der Waals surface area contributed by atoms with Gasteiger partial charge >= 0.3 is 6.09 Å². The van der Waals surface area contributed by atoms with Crippen LogP contribution < -0.4 is 19.7 Å². The van der Waals surface area contributed by atoms with E-state index in [1.807, 2.05) is 30.0 Å². The zero-order valence-corrected chi connectivity index (χ0v) is 22.9. The van der Waals surface area contributed by atoms with E-state index in [1.165, 1.54) is 7.11 Å². The molecule has 3 aromatic rings. The van der Waals surface area contributed by atoms with Gasteiger partial charge in [0.15, 0.2) is 11.5 Å². The fourth-order valence-corrected chi connectivity index (χ4v) is 4.79. The highest BCUT2D eigenvalue weighted by Gasteiger charge is 2.33. The number of halogens is 1. The highest BCUT2D eigenvalue weighted by atomic mass is 35.5. The first-order valence-electron chi connectivity index (χ1n) is 12.8. The first-order chi connectivity index (χ1) is 19.4. The number of carbonyl (C=O) groups is 2. The summed E-state index contributed by atoms with van der Waals surface area (Å²) in [6, 6.07) is 6.54. The van der Waals surface area contributed by atoms with Crippen LogP contribution in [0, 0.1) is 0 Å². The van der Waals surface area contributed by atoms with Gasteiger partial charge in [-0.15, -0.1) is 0 Å². The number of hydrogen-bond donors (Lipinski definition) is 1. The number of benzene rings is 1. The molecule has 2 aliphatic rings. The van der Waals surface area contributed by atoms with Crippen LogP contribution in [-0.2, 0) is 14.3 Å². The predicted octanol–water partition coefficient (Wildman–Crippen LogP) is 2.59. The fourth-order valence-electron chi connectivity index (χ4n) is 4.62. The van der Waals surface area contributed by atoms with Crippen molar-refractivity contribution in [3.63, 3.8) is 0 Å². The zero-order chi connectivity index (χ0) is 28.1. The van der Waals surface area contributed by atoms with Crippen LogP contribution in [0.1, 0.15) is 24.9 Å².